The van der Waals surface area contributed by atoms with Crippen molar-refractivity contribution in [3.05, 3.63) is 59.7 Å². The molecule has 0 saturated heterocycles. The summed E-state index contributed by atoms with van der Waals surface area (Å²) in [6.07, 6.45) is 0. The second kappa shape index (κ2) is 9.99. The highest BCUT2D eigenvalue weighted by Gasteiger charge is 2.22. The number of fused-ring (bicyclic) bond motifs is 1. The minimum atomic E-state index is -4.36. The van der Waals surface area contributed by atoms with E-state index in [0.29, 0.717) is 16.6 Å². The third-order valence-corrected chi connectivity index (χ3v) is 7.28. The van der Waals surface area contributed by atoms with Gasteiger partial charge in [-0.15, -0.1) is 0 Å². The lowest BCUT2D eigenvalue weighted by molar-refractivity contribution is 0.0956. The van der Waals surface area contributed by atoms with E-state index in [2.05, 4.69) is 15.3 Å². The number of nitrogen functional groups attached to an aromatic ring is 1. The normalized spacial score (nSPS) is 11.9. The lowest BCUT2D eigenvalue weighted by atomic mass is 9.96. The molecule has 1 amide bonds. The number of nitrogens with two attached hydrogens (primary N) is 2. The van der Waals surface area contributed by atoms with Crippen LogP contribution in [0.15, 0.2) is 53.4 Å². The monoisotopic (exact) mass is 574 g/mol. The van der Waals surface area contributed by atoms with Crippen molar-refractivity contribution in [2.45, 2.75) is 4.90 Å². The van der Waals surface area contributed by atoms with Gasteiger partial charge in [0.15, 0.2) is 0 Å². The predicted molar refractivity (Wildman–Crippen MR) is 141 cm³/mol. The van der Waals surface area contributed by atoms with Crippen LogP contribution in [0.3, 0.4) is 0 Å². The van der Waals surface area contributed by atoms with E-state index in [1.54, 1.807) is 18.2 Å². The Labute approximate surface area is 221 Å². The van der Waals surface area contributed by atoms with Gasteiger partial charge in [0.2, 0.25) is 10.0 Å². The molecule has 0 aliphatic heterocycles. The van der Waals surface area contributed by atoms with Gasteiger partial charge >= 0.3 is 0 Å². The second-order valence-electron chi connectivity index (χ2n) is 8.42. The molecule has 1 heterocycles. The van der Waals surface area contributed by atoms with Crippen LogP contribution in [0, 0.1) is 5.41 Å². The van der Waals surface area contributed by atoms with Gasteiger partial charge in [0.1, 0.15) is 23.2 Å². The molecule has 204 valence electrons. The standard InChI is InChI=1S/C23H22N6O8S2/c24-21(25)11-1-3-17-18(9-11)29-22(28-17)16-8-12(23(32)27-5-6-38(33,34)35)7-15(20(16)31)14-10-13(39(26,36)37)2-4-19(14)30/h1-4,7-10,30-31H,5-6H2,(H3,24,25)(H,27,32)(H,28,29)(H2,26,36,37)(H,33,34,35). The maximum atomic E-state index is 12.9. The van der Waals surface area contributed by atoms with Crippen LogP contribution >= 0.6 is 0 Å². The molecule has 0 radical (unpaired) electrons. The van der Waals surface area contributed by atoms with Crippen LogP contribution in [0.5, 0.6) is 11.5 Å². The van der Waals surface area contributed by atoms with Crippen LogP contribution in [0.2, 0.25) is 0 Å². The number of phenols is 2. The van der Waals surface area contributed by atoms with Crippen LogP contribution in [0.1, 0.15) is 15.9 Å². The Hall–Kier alpha value is -4.51. The Bertz CT molecular complexity index is 1870. The lowest BCUT2D eigenvalue weighted by Crippen LogP contribution is -2.29. The van der Waals surface area contributed by atoms with Crippen molar-refractivity contribution in [2.75, 3.05) is 12.3 Å². The van der Waals surface area contributed by atoms with Crippen molar-refractivity contribution in [1.29, 1.82) is 5.41 Å². The highest BCUT2D eigenvalue weighted by atomic mass is 32.2. The molecule has 3 aromatic carbocycles. The summed E-state index contributed by atoms with van der Waals surface area (Å²) in [5.41, 5.74) is 6.32. The van der Waals surface area contributed by atoms with Gasteiger partial charge in [0.25, 0.3) is 16.0 Å². The molecule has 0 unspecified atom stereocenters. The molecule has 39 heavy (non-hydrogen) atoms. The number of aromatic nitrogens is 2. The predicted octanol–water partition coefficient (Wildman–Crippen LogP) is 0.857. The van der Waals surface area contributed by atoms with Gasteiger partial charge < -0.3 is 26.2 Å². The van der Waals surface area contributed by atoms with E-state index in [9.17, 15) is 31.8 Å². The minimum absolute atomic E-state index is 0.0339. The fourth-order valence-electron chi connectivity index (χ4n) is 3.76. The first-order valence-electron chi connectivity index (χ1n) is 10.9. The molecule has 14 nitrogen and oxygen atoms in total. The maximum absolute atomic E-state index is 12.9. The number of benzene rings is 3. The minimum Gasteiger partial charge on any atom is -0.507 e. The molecule has 4 rings (SSSR count). The fourth-order valence-corrected chi connectivity index (χ4v) is 4.66. The number of imidazole rings is 1. The van der Waals surface area contributed by atoms with Crippen LogP contribution in [0.4, 0.5) is 0 Å². The maximum Gasteiger partial charge on any atom is 0.266 e. The van der Waals surface area contributed by atoms with E-state index in [1.807, 2.05) is 0 Å². The third-order valence-electron chi connectivity index (χ3n) is 5.65. The van der Waals surface area contributed by atoms with Crippen LogP contribution in [-0.4, -0.2) is 65.6 Å². The average molecular weight is 575 g/mol. The number of primary sulfonamides is 1. The quantitative estimate of drug-likeness (QED) is 0.0835. The number of H-pyrrole nitrogens is 1. The van der Waals surface area contributed by atoms with Crippen molar-refractivity contribution < 1.29 is 36.4 Å². The SMILES string of the molecule is N=C(N)c1ccc2nc(-c3cc(C(=O)NCCS(=O)(=O)O)cc(-c4cc(S(N)(=O)=O)ccc4O)c3O)[nH]c2c1. The first-order chi connectivity index (χ1) is 18.1. The van der Waals surface area contributed by atoms with E-state index in [-0.39, 0.29) is 38.8 Å². The zero-order chi connectivity index (χ0) is 28.7. The number of sulfonamides is 1. The topological polar surface area (TPSA) is 263 Å². The number of aromatic hydroxyl groups is 2. The van der Waals surface area contributed by atoms with Crippen LogP contribution < -0.4 is 16.2 Å². The molecular weight excluding hydrogens is 552 g/mol. The summed E-state index contributed by atoms with van der Waals surface area (Å²) in [5.74, 6) is -2.61. The molecule has 16 heteroatoms. The number of phenolic OH excluding ortho intramolecular Hbond substituents is 2. The number of carbonyl (C=O) groups is 1. The first-order valence-corrected chi connectivity index (χ1v) is 14.1. The van der Waals surface area contributed by atoms with Gasteiger partial charge in [-0.1, -0.05) is 0 Å². The van der Waals surface area contributed by atoms with Crippen LogP contribution in [-0.2, 0) is 20.1 Å². The Kier molecular flexibility index (Phi) is 7.05. The van der Waals surface area contributed by atoms with Gasteiger partial charge in [-0.2, -0.15) is 8.42 Å². The molecular formula is C23H22N6O8S2. The number of carbonyl (C=O) groups excluding carboxylic acids is 1. The number of amidine groups is 1. The van der Waals surface area contributed by atoms with Gasteiger partial charge in [0.05, 0.1) is 27.2 Å². The Morgan fingerprint density at radius 2 is 1.67 bits per heavy atom. The van der Waals surface area contributed by atoms with Gasteiger partial charge in [-0.05, 0) is 48.5 Å². The molecule has 0 aliphatic rings. The molecule has 0 bridgehead atoms. The summed E-state index contributed by atoms with van der Waals surface area (Å²) in [4.78, 5) is 19.9. The van der Waals surface area contributed by atoms with E-state index < -0.39 is 49.8 Å². The van der Waals surface area contributed by atoms with Crippen molar-refractivity contribution >= 4 is 42.9 Å². The Morgan fingerprint density at radius 3 is 2.31 bits per heavy atom. The number of rotatable bonds is 8. The highest BCUT2D eigenvalue weighted by molar-refractivity contribution is 7.89. The van der Waals surface area contributed by atoms with Crippen molar-refractivity contribution in [3.63, 3.8) is 0 Å². The average Bonchev–Trinajstić information content (AvgIpc) is 3.26. The third kappa shape index (κ3) is 5.99. The Morgan fingerprint density at radius 1 is 0.974 bits per heavy atom. The fraction of sp³-hybridized carbons (Fsp3) is 0.0870. The smallest absolute Gasteiger partial charge is 0.266 e. The number of aromatic amines is 1. The molecule has 4 aromatic rings. The largest absolute Gasteiger partial charge is 0.507 e. The van der Waals surface area contributed by atoms with Crippen LogP contribution in [0.25, 0.3) is 33.5 Å². The van der Waals surface area contributed by atoms with Gasteiger partial charge in [-0.3, -0.25) is 14.8 Å². The van der Waals surface area contributed by atoms with E-state index in [1.165, 1.54) is 6.07 Å². The van der Waals surface area contributed by atoms with Crippen molar-refractivity contribution in [2.24, 2.45) is 10.9 Å². The van der Waals surface area contributed by atoms with Gasteiger partial charge in [-0.25, -0.2) is 18.5 Å². The molecule has 0 atom stereocenters. The molecule has 0 spiro atoms. The number of nitrogens with zero attached hydrogens (tertiary/aromatic N) is 1. The summed E-state index contributed by atoms with van der Waals surface area (Å²) in [5, 5.41) is 36.9. The second-order valence-corrected chi connectivity index (χ2v) is 11.6. The zero-order valence-corrected chi connectivity index (χ0v) is 21.5. The summed E-state index contributed by atoms with van der Waals surface area (Å²) < 4.78 is 54.8. The van der Waals surface area contributed by atoms with E-state index in [0.717, 1.165) is 24.3 Å². The Balaban J connectivity index is 1.91. The van der Waals surface area contributed by atoms with Gasteiger partial charge in [0, 0.05) is 28.8 Å². The molecule has 10 N–H and O–H groups in total. The number of amides is 1. The van der Waals surface area contributed by atoms with Crippen molar-refractivity contribution in [3.8, 4) is 34.0 Å². The lowest BCUT2D eigenvalue weighted by Gasteiger charge is -2.14. The highest BCUT2D eigenvalue weighted by Crippen LogP contribution is 2.42. The van der Waals surface area contributed by atoms with Crippen molar-refractivity contribution in [1.82, 2.24) is 15.3 Å². The molecule has 0 aliphatic carbocycles. The zero-order valence-electron chi connectivity index (χ0n) is 19.8. The number of nitrogens with one attached hydrogen (secondary N) is 3. The van der Waals surface area contributed by atoms with E-state index in [4.69, 9.17) is 20.8 Å². The summed E-state index contributed by atoms with van der Waals surface area (Å²) in [6.45, 7) is -0.437. The number of hydrogen-bond acceptors (Lipinski definition) is 9. The summed E-state index contributed by atoms with van der Waals surface area (Å²) in [6, 6.07) is 10.2. The number of hydrogen-bond donors (Lipinski definition) is 8. The summed E-state index contributed by atoms with van der Waals surface area (Å²) >= 11 is 0. The first kappa shape index (κ1) is 27.5. The molecule has 1 aromatic heterocycles. The molecule has 0 saturated carbocycles. The molecule has 0 fully saturated rings. The van der Waals surface area contributed by atoms with E-state index >= 15 is 0 Å². The summed E-state index contributed by atoms with van der Waals surface area (Å²) in [7, 11) is -8.56.